The highest BCUT2D eigenvalue weighted by Crippen LogP contribution is 2.44. The highest BCUT2D eigenvalue weighted by Gasteiger charge is 2.29. The molecule has 126 valence electrons. The van der Waals surface area contributed by atoms with Crippen molar-refractivity contribution in [3.05, 3.63) is 47.5 Å². The summed E-state index contributed by atoms with van der Waals surface area (Å²) in [5, 5.41) is 22.3. The highest BCUT2D eigenvalue weighted by molar-refractivity contribution is 5.96. The molecular formula is C19H21NO4. The van der Waals surface area contributed by atoms with Gasteiger partial charge >= 0.3 is 0 Å². The molecule has 2 aromatic carbocycles. The van der Waals surface area contributed by atoms with Crippen LogP contribution in [0.4, 0.5) is 5.69 Å². The van der Waals surface area contributed by atoms with Crippen LogP contribution in [-0.4, -0.2) is 22.7 Å². The van der Waals surface area contributed by atoms with Gasteiger partial charge in [0.25, 0.3) is 0 Å². The number of hydrogen-bond donors (Lipinski definition) is 3. The summed E-state index contributed by atoms with van der Waals surface area (Å²) in [6.45, 7) is 4.74. The summed E-state index contributed by atoms with van der Waals surface area (Å²) in [6.07, 6.45) is 0.263. The molecular weight excluding hydrogens is 306 g/mol. The lowest BCUT2D eigenvalue weighted by atomic mass is 9.84. The number of hydrogen-bond acceptors (Lipinski definition) is 4. The van der Waals surface area contributed by atoms with Crippen molar-refractivity contribution in [1.82, 2.24) is 0 Å². The number of carbonyl (C=O) groups is 1. The lowest BCUT2D eigenvalue weighted by Crippen LogP contribution is -2.24. The second-order valence-corrected chi connectivity index (χ2v) is 6.48. The molecule has 5 nitrogen and oxygen atoms in total. The second-order valence-electron chi connectivity index (χ2n) is 6.48. The topological polar surface area (TPSA) is 78.8 Å². The number of phenols is 2. The zero-order chi connectivity index (χ0) is 17.3. The average molecular weight is 327 g/mol. The van der Waals surface area contributed by atoms with Crippen LogP contribution in [0, 0.1) is 5.92 Å². The molecule has 0 bridgehead atoms. The van der Waals surface area contributed by atoms with E-state index in [0.717, 1.165) is 16.9 Å². The van der Waals surface area contributed by atoms with E-state index >= 15 is 0 Å². The minimum Gasteiger partial charge on any atom is -0.504 e. The molecule has 0 saturated heterocycles. The first kappa shape index (κ1) is 16.2. The Bertz CT molecular complexity index is 770. The van der Waals surface area contributed by atoms with Crippen molar-refractivity contribution in [3.63, 3.8) is 0 Å². The summed E-state index contributed by atoms with van der Waals surface area (Å²) >= 11 is 0. The Kier molecular flexibility index (Phi) is 4.34. The fourth-order valence-electron chi connectivity index (χ4n) is 2.92. The Morgan fingerprint density at radius 2 is 1.88 bits per heavy atom. The fraction of sp³-hybridized carbons (Fsp3) is 0.316. The van der Waals surface area contributed by atoms with Gasteiger partial charge in [0, 0.05) is 29.7 Å². The average Bonchev–Trinajstić information content (AvgIpc) is 2.54. The van der Waals surface area contributed by atoms with Crippen LogP contribution < -0.4 is 10.1 Å². The number of benzene rings is 2. The van der Waals surface area contributed by atoms with Crippen molar-refractivity contribution in [2.24, 2.45) is 5.92 Å². The lowest BCUT2D eigenvalue weighted by molar-refractivity contribution is -0.116. The Labute approximate surface area is 140 Å². The Balaban J connectivity index is 2.05. The molecule has 0 saturated carbocycles. The third-order valence-electron chi connectivity index (χ3n) is 4.05. The van der Waals surface area contributed by atoms with Gasteiger partial charge in [-0.1, -0.05) is 32.0 Å². The van der Waals surface area contributed by atoms with Crippen LogP contribution in [-0.2, 0) is 4.79 Å². The number of aromatic hydroxyl groups is 2. The zero-order valence-electron chi connectivity index (χ0n) is 13.7. The van der Waals surface area contributed by atoms with Gasteiger partial charge < -0.3 is 20.3 Å². The molecule has 1 aliphatic heterocycles. The predicted octanol–water partition coefficient (Wildman–Crippen LogP) is 3.61. The summed E-state index contributed by atoms with van der Waals surface area (Å²) in [6, 6.07) is 10.5. The summed E-state index contributed by atoms with van der Waals surface area (Å²) in [5.74, 6) is 0.319. The lowest BCUT2D eigenvalue weighted by Gasteiger charge is -2.28. The van der Waals surface area contributed by atoms with Crippen LogP contribution in [0.5, 0.6) is 17.2 Å². The normalized spacial score (nSPS) is 16.6. The second kappa shape index (κ2) is 6.43. The molecule has 0 aliphatic carbocycles. The van der Waals surface area contributed by atoms with Crippen LogP contribution in [0.15, 0.2) is 36.4 Å². The van der Waals surface area contributed by atoms with Crippen molar-refractivity contribution in [3.8, 4) is 17.2 Å². The molecule has 0 radical (unpaired) electrons. The van der Waals surface area contributed by atoms with E-state index in [-0.39, 0.29) is 29.7 Å². The van der Waals surface area contributed by atoms with Gasteiger partial charge in [0.2, 0.25) is 5.91 Å². The standard InChI is InChI=1S/C19H21NO4/c1-11(2)10-24-18-6-4-3-5-12(18)13-8-19(23)20-15-9-17(22)16(21)7-14(13)15/h3-7,9,11,13,21-22H,8,10H2,1-2H3,(H,20,23). The van der Waals surface area contributed by atoms with Crippen LogP contribution in [0.25, 0.3) is 0 Å². The largest absolute Gasteiger partial charge is 0.504 e. The van der Waals surface area contributed by atoms with E-state index in [9.17, 15) is 15.0 Å². The maximum absolute atomic E-state index is 12.1. The highest BCUT2D eigenvalue weighted by atomic mass is 16.5. The molecule has 1 amide bonds. The maximum Gasteiger partial charge on any atom is 0.225 e. The minimum absolute atomic E-state index is 0.128. The quantitative estimate of drug-likeness (QED) is 0.592. The number of rotatable bonds is 4. The van der Waals surface area contributed by atoms with Gasteiger partial charge in [0.15, 0.2) is 11.5 Å². The van der Waals surface area contributed by atoms with E-state index in [1.54, 1.807) is 0 Å². The van der Waals surface area contributed by atoms with E-state index in [2.05, 4.69) is 19.2 Å². The summed E-state index contributed by atoms with van der Waals surface area (Å²) in [5.41, 5.74) is 2.19. The molecule has 1 atom stereocenters. The van der Waals surface area contributed by atoms with Crippen LogP contribution >= 0.6 is 0 Å². The Morgan fingerprint density at radius 1 is 1.17 bits per heavy atom. The first-order valence-corrected chi connectivity index (χ1v) is 8.03. The Hall–Kier alpha value is -2.69. The molecule has 3 rings (SSSR count). The van der Waals surface area contributed by atoms with E-state index in [4.69, 9.17) is 4.74 Å². The SMILES string of the molecule is CC(C)COc1ccccc1C1CC(=O)Nc2cc(O)c(O)cc21. The van der Waals surface area contributed by atoms with Crippen LogP contribution in [0.3, 0.4) is 0 Å². The van der Waals surface area contributed by atoms with Gasteiger partial charge in [0.1, 0.15) is 5.75 Å². The summed E-state index contributed by atoms with van der Waals surface area (Å²) in [4.78, 5) is 12.1. The monoisotopic (exact) mass is 327 g/mol. The number of para-hydroxylation sites is 1. The van der Waals surface area contributed by atoms with Crippen molar-refractivity contribution >= 4 is 11.6 Å². The van der Waals surface area contributed by atoms with E-state index in [0.29, 0.717) is 18.2 Å². The van der Waals surface area contributed by atoms with Crippen molar-refractivity contribution in [2.45, 2.75) is 26.2 Å². The number of ether oxygens (including phenoxy) is 1. The van der Waals surface area contributed by atoms with Crippen LogP contribution in [0.2, 0.25) is 0 Å². The number of phenolic OH excluding ortho intramolecular Hbond substituents is 2. The summed E-state index contributed by atoms with van der Waals surface area (Å²) < 4.78 is 5.91. The Morgan fingerprint density at radius 3 is 2.62 bits per heavy atom. The molecule has 2 aromatic rings. The molecule has 1 aliphatic rings. The molecule has 24 heavy (non-hydrogen) atoms. The number of nitrogens with one attached hydrogen (secondary N) is 1. The minimum atomic E-state index is -0.251. The molecule has 1 unspecified atom stereocenters. The zero-order valence-corrected chi connectivity index (χ0v) is 13.7. The van der Waals surface area contributed by atoms with Gasteiger partial charge in [-0.2, -0.15) is 0 Å². The van der Waals surface area contributed by atoms with Gasteiger partial charge in [-0.15, -0.1) is 0 Å². The van der Waals surface area contributed by atoms with Gasteiger partial charge in [0.05, 0.1) is 6.61 Å². The van der Waals surface area contributed by atoms with Gasteiger partial charge in [-0.05, 0) is 23.6 Å². The molecule has 0 aromatic heterocycles. The fourth-order valence-corrected chi connectivity index (χ4v) is 2.92. The maximum atomic E-state index is 12.1. The van der Waals surface area contributed by atoms with Crippen LogP contribution in [0.1, 0.15) is 37.3 Å². The molecule has 0 spiro atoms. The van der Waals surface area contributed by atoms with E-state index in [1.165, 1.54) is 12.1 Å². The third kappa shape index (κ3) is 3.15. The molecule has 1 heterocycles. The molecule has 5 heteroatoms. The van der Waals surface area contributed by atoms with Gasteiger partial charge in [-0.3, -0.25) is 4.79 Å². The van der Waals surface area contributed by atoms with Crippen molar-refractivity contribution in [2.75, 3.05) is 11.9 Å². The van der Waals surface area contributed by atoms with Crippen molar-refractivity contribution < 1.29 is 19.7 Å². The molecule has 0 fully saturated rings. The first-order chi connectivity index (χ1) is 11.5. The van der Waals surface area contributed by atoms with Crippen molar-refractivity contribution in [1.29, 1.82) is 0 Å². The number of carbonyl (C=O) groups excluding carboxylic acids is 1. The molecule has 3 N–H and O–H groups in total. The number of amides is 1. The summed E-state index contributed by atoms with van der Waals surface area (Å²) in [7, 11) is 0. The van der Waals surface area contributed by atoms with E-state index < -0.39 is 0 Å². The number of fused-ring (bicyclic) bond motifs is 1. The predicted molar refractivity (Wildman–Crippen MR) is 91.6 cm³/mol. The first-order valence-electron chi connectivity index (χ1n) is 8.03. The third-order valence-corrected chi connectivity index (χ3v) is 4.05. The number of anilines is 1. The smallest absolute Gasteiger partial charge is 0.225 e. The van der Waals surface area contributed by atoms with E-state index in [1.807, 2.05) is 24.3 Å². The van der Waals surface area contributed by atoms with Gasteiger partial charge in [-0.25, -0.2) is 0 Å².